The Kier molecular flexibility index (Phi) is 2.88. The first-order chi connectivity index (χ1) is 5.84. The molecule has 0 heterocycles. The van der Waals surface area contributed by atoms with E-state index < -0.39 is 5.97 Å². The van der Waals surface area contributed by atoms with E-state index in [-0.39, 0.29) is 0 Å². The van der Waals surface area contributed by atoms with E-state index >= 15 is 0 Å². The highest BCUT2D eigenvalue weighted by atomic mass is 16.5. The van der Waals surface area contributed by atoms with Crippen LogP contribution < -0.4 is 0 Å². The van der Waals surface area contributed by atoms with Gasteiger partial charge in [-0.05, 0) is 12.1 Å². The van der Waals surface area contributed by atoms with Crippen molar-refractivity contribution in [2.45, 2.75) is 0 Å². The van der Waals surface area contributed by atoms with Crippen LogP contribution in [0.15, 0.2) is 48.9 Å². The number of carbonyl (C=O) groups excluding carboxylic acids is 1. The second-order valence-electron chi connectivity index (χ2n) is 2.09. The molecule has 0 aliphatic rings. The fourth-order valence-corrected chi connectivity index (χ4v) is 0.737. The van der Waals surface area contributed by atoms with Crippen LogP contribution in [0.2, 0.25) is 0 Å². The van der Waals surface area contributed by atoms with Crippen LogP contribution in [0.4, 0.5) is 0 Å². The molecule has 0 saturated heterocycles. The second kappa shape index (κ2) is 4.16. The summed E-state index contributed by atoms with van der Waals surface area (Å²) in [6.07, 6.45) is 1.13. The second-order valence-corrected chi connectivity index (χ2v) is 2.09. The van der Waals surface area contributed by atoms with Crippen LogP contribution in [0, 0.1) is 0 Å². The zero-order valence-electron chi connectivity index (χ0n) is 6.49. The number of benzene rings is 1. The van der Waals surface area contributed by atoms with Gasteiger partial charge in [0, 0.05) is 0 Å². The molecule has 0 amide bonds. The Hall–Kier alpha value is -1.79. The summed E-state index contributed by atoms with van der Waals surface area (Å²) in [7, 11) is 0. The van der Waals surface area contributed by atoms with Crippen molar-refractivity contribution in [3.8, 4) is 0 Å². The van der Waals surface area contributed by atoms with Crippen molar-refractivity contribution < 1.29 is 9.53 Å². The van der Waals surface area contributed by atoms with E-state index in [0.29, 0.717) is 5.56 Å². The lowest BCUT2D eigenvalue weighted by atomic mass is 10.2. The lowest BCUT2D eigenvalue weighted by Crippen LogP contribution is -1.98. The van der Waals surface area contributed by atoms with Crippen LogP contribution in [0.5, 0.6) is 0 Å². The summed E-state index contributed by atoms with van der Waals surface area (Å²) in [4.78, 5) is 11.1. The fourth-order valence-electron chi connectivity index (χ4n) is 0.737. The third-order valence-electron chi connectivity index (χ3n) is 1.26. The average Bonchev–Trinajstić information content (AvgIpc) is 2.15. The lowest BCUT2D eigenvalue weighted by Gasteiger charge is -1.95. The van der Waals surface area contributed by atoms with Crippen LogP contribution in [0.1, 0.15) is 10.4 Å². The van der Waals surface area contributed by atoms with Crippen LogP contribution in [-0.4, -0.2) is 5.97 Å². The van der Waals surface area contributed by atoms with Gasteiger partial charge in [0.05, 0.1) is 5.56 Å². The Morgan fingerprint density at radius 3 is 2.67 bits per heavy atom. The van der Waals surface area contributed by atoms with E-state index in [4.69, 9.17) is 0 Å². The SMILES string of the molecule is C=C=COC(=O)c1ccccc1. The summed E-state index contributed by atoms with van der Waals surface area (Å²) < 4.78 is 4.64. The van der Waals surface area contributed by atoms with Gasteiger partial charge in [0.15, 0.2) is 0 Å². The third kappa shape index (κ3) is 2.11. The summed E-state index contributed by atoms with van der Waals surface area (Å²) in [5, 5.41) is 0. The van der Waals surface area contributed by atoms with Gasteiger partial charge in [0.2, 0.25) is 0 Å². The van der Waals surface area contributed by atoms with Crippen molar-refractivity contribution in [2.75, 3.05) is 0 Å². The van der Waals surface area contributed by atoms with Gasteiger partial charge in [-0.15, -0.1) is 0 Å². The highest BCUT2D eigenvalue weighted by Crippen LogP contribution is 2.00. The molecule has 0 unspecified atom stereocenters. The molecule has 2 nitrogen and oxygen atoms in total. The minimum absolute atomic E-state index is 0.397. The molecule has 0 N–H and O–H groups in total. The van der Waals surface area contributed by atoms with Crippen molar-refractivity contribution in [3.05, 3.63) is 54.5 Å². The van der Waals surface area contributed by atoms with Gasteiger partial charge in [0.1, 0.15) is 6.26 Å². The smallest absolute Gasteiger partial charge is 0.343 e. The van der Waals surface area contributed by atoms with Crippen LogP contribution in [0.25, 0.3) is 0 Å². The van der Waals surface area contributed by atoms with Crippen LogP contribution in [0.3, 0.4) is 0 Å². The molecule has 0 aromatic heterocycles. The Labute approximate surface area is 70.8 Å². The largest absolute Gasteiger partial charge is 0.422 e. The summed E-state index contributed by atoms with van der Waals surface area (Å²) in [6, 6.07) is 8.74. The van der Waals surface area contributed by atoms with E-state index in [1.807, 2.05) is 6.07 Å². The van der Waals surface area contributed by atoms with Crippen molar-refractivity contribution >= 4 is 5.97 Å². The first kappa shape index (κ1) is 8.31. The first-order valence-corrected chi connectivity index (χ1v) is 3.45. The van der Waals surface area contributed by atoms with Gasteiger partial charge in [-0.25, -0.2) is 4.79 Å². The minimum atomic E-state index is -0.397. The van der Waals surface area contributed by atoms with E-state index in [2.05, 4.69) is 17.0 Å². The van der Waals surface area contributed by atoms with Gasteiger partial charge in [-0.1, -0.05) is 30.5 Å². The standard InChI is InChI=1S/C10H8O2/c1-2-8-12-10(11)9-6-4-3-5-7-9/h3-8H,1H2. The van der Waals surface area contributed by atoms with E-state index in [1.165, 1.54) is 0 Å². The zero-order chi connectivity index (χ0) is 8.81. The van der Waals surface area contributed by atoms with Gasteiger partial charge in [-0.3, -0.25) is 0 Å². The van der Waals surface area contributed by atoms with Crippen molar-refractivity contribution in [2.24, 2.45) is 0 Å². The number of hydrogen-bond acceptors (Lipinski definition) is 2. The maximum absolute atomic E-state index is 11.1. The van der Waals surface area contributed by atoms with Crippen molar-refractivity contribution in [1.29, 1.82) is 0 Å². The normalized spacial score (nSPS) is 8.33. The Morgan fingerprint density at radius 2 is 2.08 bits per heavy atom. The predicted molar refractivity (Wildman–Crippen MR) is 45.6 cm³/mol. The number of rotatable bonds is 2. The van der Waals surface area contributed by atoms with E-state index in [1.54, 1.807) is 24.3 Å². The number of hydrogen-bond donors (Lipinski definition) is 0. The number of ether oxygens (including phenoxy) is 1. The molecule has 0 fully saturated rings. The molecule has 0 radical (unpaired) electrons. The highest BCUT2D eigenvalue weighted by Gasteiger charge is 2.02. The molecule has 1 aromatic carbocycles. The molecule has 0 spiro atoms. The molecule has 12 heavy (non-hydrogen) atoms. The summed E-state index contributed by atoms with van der Waals surface area (Å²) in [5.41, 5.74) is 2.87. The van der Waals surface area contributed by atoms with E-state index in [0.717, 1.165) is 6.26 Å². The molecule has 0 atom stereocenters. The van der Waals surface area contributed by atoms with Crippen molar-refractivity contribution in [3.63, 3.8) is 0 Å². The predicted octanol–water partition coefficient (Wildman–Crippen LogP) is 2.14. The average molecular weight is 160 g/mol. The molecule has 60 valence electrons. The minimum Gasteiger partial charge on any atom is -0.422 e. The summed E-state index contributed by atoms with van der Waals surface area (Å²) in [6.45, 7) is 3.27. The molecule has 2 heteroatoms. The molecule has 0 aliphatic carbocycles. The summed E-state index contributed by atoms with van der Waals surface area (Å²) >= 11 is 0. The molecule has 1 rings (SSSR count). The molecular weight excluding hydrogens is 152 g/mol. The Bertz CT molecular complexity index is 308. The summed E-state index contributed by atoms with van der Waals surface area (Å²) in [5.74, 6) is -0.397. The van der Waals surface area contributed by atoms with Crippen LogP contribution in [-0.2, 0) is 4.74 Å². The fraction of sp³-hybridized carbons (Fsp3) is 0. The number of esters is 1. The maximum atomic E-state index is 11.1. The first-order valence-electron chi connectivity index (χ1n) is 3.45. The lowest BCUT2D eigenvalue weighted by molar-refractivity contribution is 0.0663. The van der Waals surface area contributed by atoms with Crippen molar-refractivity contribution in [1.82, 2.24) is 0 Å². The molecule has 0 aliphatic heterocycles. The molecule has 0 saturated carbocycles. The molecular formula is C10H8O2. The monoisotopic (exact) mass is 160 g/mol. The highest BCUT2D eigenvalue weighted by molar-refractivity contribution is 5.89. The zero-order valence-corrected chi connectivity index (χ0v) is 6.49. The van der Waals surface area contributed by atoms with Gasteiger partial charge in [-0.2, -0.15) is 0 Å². The van der Waals surface area contributed by atoms with E-state index in [9.17, 15) is 4.79 Å². The van der Waals surface area contributed by atoms with Crippen LogP contribution >= 0.6 is 0 Å². The molecule has 0 bridgehead atoms. The van der Waals surface area contributed by atoms with Gasteiger partial charge < -0.3 is 4.74 Å². The van der Waals surface area contributed by atoms with Gasteiger partial charge >= 0.3 is 5.97 Å². The maximum Gasteiger partial charge on any atom is 0.343 e. The Balaban J connectivity index is 2.72. The topological polar surface area (TPSA) is 26.3 Å². The van der Waals surface area contributed by atoms with Gasteiger partial charge in [0.25, 0.3) is 0 Å². The number of carbonyl (C=O) groups is 1. The molecule has 1 aromatic rings. The third-order valence-corrected chi connectivity index (χ3v) is 1.26. The quantitative estimate of drug-likeness (QED) is 0.376. The Morgan fingerprint density at radius 1 is 1.42 bits per heavy atom.